The van der Waals surface area contributed by atoms with E-state index in [1.807, 2.05) is 0 Å². The number of hydrogen-bond donors (Lipinski definition) is 3. The maximum Gasteiger partial charge on any atom is 0.324 e. The first kappa shape index (κ1) is 22.4. The van der Waals surface area contributed by atoms with E-state index in [0.29, 0.717) is 29.2 Å². The standard InChI is InChI=1S/C21H28N6O4/c1-22-20(28)16-5-6-17(25-21(29)26-18-14-23-7-8-24-18)19(30-2)15(16)4-3-9-27-10-12-31-13-11-27/h5-8,14H,3-4,9-13H2,1-2H3,(H,22,28)(H2,24,25,26,29). The number of nitrogens with zero attached hydrogens (tertiary/aromatic N) is 3. The number of carbonyl (C=O) groups is 2. The Bertz CT molecular complexity index is 887. The number of benzene rings is 1. The fourth-order valence-electron chi connectivity index (χ4n) is 3.49. The quantitative estimate of drug-likeness (QED) is 0.586. The molecule has 0 spiro atoms. The maximum absolute atomic E-state index is 12.4. The van der Waals surface area contributed by atoms with Crippen LogP contribution in [0.5, 0.6) is 5.75 Å². The Hall–Kier alpha value is -3.24. The Labute approximate surface area is 181 Å². The van der Waals surface area contributed by atoms with E-state index < -0.39 is 6.03 Å². The molecule has 10 nitrogen and oxygen atoms in total. The molecule has 10 heteroatoms. The number of rotatable bonds is 8. The highest BCUT2D eigenvalue weighted by atomic mass is 16.5. The lowest BCUT2D eigenvalue weighted by Gasteiger charge is -2.26. The fourth-order valence-corrected chi connectivity index (χ4v) is 3.49. The topological polar surface area (TPSA) is 118 Å². The number of amides is 3. The van der Waals surface area contributed by atoms with Gasteiger partial charge in [0.25, 0.3) is 5.91 Å². The second-order valence-electron chi connectivity index (χ2n) is 6.98. The van der Waals surface area contributed by atoms with Crippen LogP contribution in [0, 0.1) is 0 Å². The molecule has 166 valence electrons. The van der Waals surface area contributed by atoms with E-state index in [1.54, 1.807) is 19.2 Å². The molecule has 3 N–H and O–H groups in total. The minimum Gasteiger partial charge on any atom is -0.494 e. The molecule has 0 bridgehead atoms. The van der Waals surface area contributed by atoms with Gasteiger partial charge in [0.05, 0.1) is 32.2 Å². The van der Waals surface area contributed by atoms with Gasteiger partial charge in [-0.3, -0.25) is 20.0 Å². The summed E-state index contributed by atoms with van der Waals surface area (Å²) < 4.78 is 11.0. The molecule has 2 heterocycles. The van der Waals surface area contributed by atoms with Gasteiger partial charge in [-0.15, -0.1) is 0 Å². The van der Waals surface area contributed by atoms with Crippen molar-refractivity contribution in [3.05, 3.63) is 41.9 Å². The normalized spacial score (nSPS) is 14.0. The summed E-state index contributed by atoms with van der Waals surface area (Å²) in [5.41, 5.74) is 1.76. The molecular weight excluding hydrogens is 400 g/mol. The summed E-state index contributed by atoms with van der Waals surface area (Å²) in [7, 11) is 3.12. The van der Waals surface area contributed by atoms with Crippen LogP contribution < -0.4 is 20.7 Å². The van der Waals surface area contributed by atoms with Gasteiger partial charge in [0.1, 0.15) is 5.75 Å². The SMILES string of the molecule is CNC(=O)c1ccc(NC(=O)Nc2cnccn2)c(OC)c1CCCN1CCOCC1. The highest BCUT2D eigenvalue weighted by molar-refractivity contribution is 6.02. The lowest BCUT2D eigenvalue weighted by molar-refractivity contribution is 0.0374. The van der Waals surface area contributed by atoms with Gasteiger partial charge >= 0.3 is 6.03 Å². The van der Waals surface area contributed by atoms with Crippen molar-refractivity contribution in [2.75, 3.05) is 57.6 Å². The summed E-state index contributed by atoms with van der Waals surface area (Å²) in [4.78, 5) is 35.1. The summed E-state index contributed by atoms with van der Waals surface area (Å²) in [6, 6.07) is 2.87. The minimum absolute atomic E-state index is 0.199. The van der Waals surface area contributed by atoms with Crippen molar-refractivity contribution >= 4 is 23.4 Å². The molecule has 0 aliphatic carbocycles. The van der Waals surface area contributed by atoms with Crippen molar-refractivity contribution in [3.8, 4) is 5.75 Å². The summed E-state index contributed by atoms with van der Waals surface area (Å²) >= 11 is 0. The largest absolute Gasteiger partial charge is 0.494 e. The molecule has 2 aromatic rings. The number of aromatic nitrogens is 2. The minimum atomic E-state index is -0.481. The molecule has 3 rings (SSSR count). The summed E-state index contributed by atoms with van der Waals surface area (Å²) in [5, 5.41) is 8.06. The molecule has 0 atom stereocenters. The first-order valence-corrected chi connectivity index (χ1v) is 10.2. The summed E-state index contributed by atoms with van der Waals surface area (Å²) in [6.07, 6.45) is 5.93. The van der Waals surface area contributed by atoms with Crippen LogP contribution >= 0.6 is 0 Å². The Morgan fingerprint density at radius 2 is 2.00 bits per heavy atom. The molecule has 0 radical (unpaired) electrons. The molecule has 1 saturated heterocycles. The van der Waals surface area contributed by atoms with Crippen molar-refractivity contribution in [3.63, 3.8) is 0 Å². The van der Waals surface area contributed by atoms with Crippen LogP contribution in [0.4, 0.5) is 16.3 Å². The van der Waals surface area contributed by atoms with Crippen LogP contribution in [0.15, 0.2) is 30.7 Å². The van der Waals surface area contributed by atoms with E-state index in [2.05, 4.69) is 30.8 Å². The maximum atomic E-state index is 12.4. The van der Waals surface area contributed by atoms with Crippen molar-refractivity contribution in [2.24, 2.45) is 0 Å². The summed E-state index contributed by atoms with van der Waals surface area (Å²) in [5.74, 6) is 0.597. The van der Waals surface area contributed by atoms with Gasteiger partial charge in [-0.2, -0.15) is 0 Å². The lowest BCUT2D eigenvalue weighted by Crippen LogP contribution is -2.37. The molecule has 1 aliphatic heterocycles. The van der Waals surface area contributed by atoms with Gasteiger partial charge in [-0.05, 0) is 31.5 Å². The van der Waals surface area contributed by atoms with Crippen LogP contribution in [0.25, 0.3) is 0 Å². The van der Waals surface area contributed by atoms with E-state index >= 15 is 0 Å². The van der Waals surface area contributed by atoms with Crippen LogP contribution in [-0.4, -0.2) is 73.8 Å². The molecule has 3 amide bonds. The van der Waals surface area contributed by atoms with Crippen molar-refractivity contribution in [1.82, 2.24) is 20.2 Å². The number of ether oxygens (including phenoxy) is 2. The van der Waals surface area contributed by atoms with E-state index in [1.165, 1.54) is 25.7 Å². The van der Waals surface area contributed by atoms with Crippen molar-refractivity contribution in [2.45, 2.75) is 12.8 Å². The van der Waals surface area contributed by atoms with Crippen LogP contribution in [0.3, 0.4) is 0 Å². The predicted molar refractivity (Wildman–Crippen MR) is 117 cm³/mol. The van der Waals surface area contributed by atoms with Crippen LogP contribution in [0.2, 0.25) is 0 Å². The molecule has 31 heavy (non-hydrogen) atoms. The first-order valence-electron chi connectivity index (χ1n) is 10.2. The Morgan fingerprint density at radius 3 is 2.68 bits per heavy atom. The lowest BCUT2D eigenvalue weighted by atomic mass is 9.99. The number of methoxy groups -OCH3 is 1. The Morgan fingerprint density at radius 1 is 1.19 bits per heavy atom. The van der Waals surface area contributed by atoms with Gasteiger partial charge in [-0.25, -0.2) is 9.78 Å². The Balaban J connectivity index is 1.76. The van der Waals surface area contributed by atoms with Gasteiger partial charge in [-0.1, -0.05) is 0 Å². The molecular formula is C21H28N6O4. The highest BCUT2D eigenvalue weighted by Crippen LogP contribution is 2.33. The van der Waals surface area contributed by atoms with Crippen molar-refractivity contribution in [1.29, 1.82) is 0 Å². The van der Waals surface area contributed by atoms with Gasteiger partial charge in [0.15, 0.2) is 5.82 Å². The number of morpholine rings is 1. The highest BCUT2D eigenvalue weighted by Gasteiger charge is 2.20. The van der Waals surface area contributed by atoms with E-state index in [-0.39, 0.29) is 5.91 Å². The monoisotopic (exact) mass is 428 g/mol. The Kier molecular flexibility index (Phi) is 8.13. The van der Waals surface area contributed by atoms with Gasteiger partial charge < -0.3 is 20.1 Å². The second-order valence-corrected chi connectivity index (χ2v) is 6.98. The van der Waals surface area contributed by atoms with E-state index in [0.717, 1.165) is 44.8 Å². The molecule has 0 saturated carbocycles. The fraction of sp³-hybridized carbons (Fsp3) is 0.429. The van der Waals surface area contributed by atoms with Gasteiger partial charge in [0, 0.05) is 43.7 Å². The zero-order chi connectivity index (χ0) is 22.1. The third-order valence-corrected chi connectivity index (χ3v) is 4.99. The number of nitrogens with one attached hydrogen (secondary N) is 3. The zero-order valence-electron chi connectivity index (χ0n) is 17.8. The van der Waals surface area contributed by atoms with Crippen LogP contribution in [0.1, 0.15) is 22.3 Å². The van der Waals surface area contributed by atoms with E-state index in [9.17, 15) is 9.59 Å². The molecule has 1 aromatic heterocycles. The van der Waals surface area contributed by atoms with Crippen LogP contribution in [-0.2, 0) is 11.2 Å². The summed E-state index contributed by atoms with van der Waals surface area (Å²) in [6.45, 7) is 4.19. The average molecular weight is 428 g/mol. The van der Waals surface area contributed by atoms with E-state index in [4.69, 9.17) is 9.47 Å². The molecule has 1 aromatic carbocycles. The van der Waals surface area contributed by atoms with Crippen molar-refractivity contribution < 1.29 is 19.1 Å². The number of anilines is 2. The smallest absolute Gasteiger partial charge is 0.324 e. The third kappa shape index (κ3) is 6.12. The molecule has 0 unspecified atom stereocenters. The zero-order valence-corrected chi connectivity index (χ0v) is 17.8. The number of hydrogen-bond acceptors (Lipinski definition) is 7. The van der Waals surface area contributed by atoms with Gasteiger partial charge in [0.2, 0.25) is 0 Å². The number of urea groups is 1. The third-order valence-electron chi connectivity index (χ3n) is 4.99. The molecule has 1 aliphatic rings. The average Bonchev–Trinajstić information content (AvgIpc) is 2.80. The first-order chi connectivity index (χ1) is 15.1. The predicted octanol–water partition coefficient (Wildman–Crippen LogP) is 1.75. The second kappa shape index (κ2) is 11.2. The number of carbonyl (C=O) groups excluding carboxylic acids is 2. The molecule has 1 fully saturated rings.